The fraction of sp³-hybridized carbons (Fsp3) is 0. The normalized spacial score (nSPS) is 11.1. The summed E-state index contributed by atoms with van der Waals surface area (Å²) in [6.45, 7) is 0. The molecule has 6 rings (SSSR count). The molecule has 3 heterocycles. The Morgan fingerprint density at radius 3 is 1.88 bits per heavy atom. The number of nitrogens with zero attached hydrogens (tertiary/aromatic N) is 1. The first-order chi connectivity index (χ1) is 12.9. The number of hydrogen-bond donors (Lipinski definition) is 0. The van der Waals surface area contributed by atoms with Crippen molar-refractivity contribution in [1.82, 2.24) is 4.98 Å². The molecule has 0 radical (unpaired) electrons. The highest BCUT2D eigenvalue weighted by Gasteiger charge is 2.04. The van der Waals surface area contributed by atoms with Crippen molar-refractivity contribution >= 4 is 53.6 Å². The molecule has 3 heteroatoms. The van der Waals surface area contributed by atoms with Gasteiger partial charge in [-0.05, 0) is 36.4 Å². The summed E-state index contributed by atoms with van der Waals surface area (Å²) in [5, 5.41) is 3.84. The number of benzene rings is 3. The Kier molecular flexibility index (Phi) is 3.65. The van der Waals surface area contributed by atoms with Gasteiger partial charge in [0.05, 0.1) is 0 Å². The molecule has 0 spiro atoms. The zero-order chi connectivity index (χ0) is 17.3. The first kappa shape index (κ1) is 15.1. The zero-order valence-corrected chi connectivity index (χ0v) is 14.7. The molecule has 0 saturated heterocycles. The first-order valence-corrected chi connectivity index (χ1v) is 9.30. The zero-order valence-electron chi connectivity index (χ0n) is 13.9. The lowest BCUT2D eigenvalue weighted by molar-refractivity contribution is 0.668. The van der Waals surface area contributed by atoms with Crippen molar-refractivity contribution in [2.45, 2.75) is 0 Å². The lowest BCUT2D eigenvalue weighted by atomic mass is 10.2. The highest BCUT2D eigenvalue weighted by Crippen LogP contribution is 2.32. The predicted octanol–water partition coefficient (Wildman–Crippen LogP) is 7.04. The quantitative estimate of drug-likeness (QED) is 0.293. The third kappa shape index (κ3) is 2.54. The average Bonchev–Trinajstić information content (AvgIpc) is 3.27. The van der Waals surface area contributed by atoms with Gasteiger partial charge in [0.1, 0.15) is 11.1 Å². The molecule has 0 aliphatic rings. The second kappa shape index (κ2) is 6.28. The van der Waals surface area contributed by atoms with E-state index < -0.39 is 0 Å². The van der Waals surface area contributed by atoms with E-state index in [1.165, 1.54) is 20.2 Å². The maximum atomic E-state index is 5.59. The van der Waals surface area contributed by atoms with E-state index in [0.29, 0.717) is 0 Å². The molecule has 0 atom stereocenters. The SMILES string of the molecule is c1ccc2c(c1)oc1cccnc12.c1ccc2c(c1)sc1ccccc12. The van der Waals surface area contributed by atoms with Gasteiger partial charge in [0.2, 0.25) is 0 Å². The smallest absolute Gasteiger partial charge is 0.153 e. The van der Waals surface area contributed by atoms with Gasteiger partial charge in [-0.15, -0.1) is 11.3 Å². The monoisotopic (exact) mass is 353 g/mol. The van der Waals surface area contributed by atoms with Crippen LogP contribution < -0.4 is 0 Å². The van der Waals surface area contributed by atoms with E-state index in [-0.39, 0.29) is 0 Å². The molecular formula is C23H15NOS. The topological polar surface area (TPSA) is 26.0 Å². The Balaban J connectivity index is 0.000000115. The second-order valence-corrected chi connectivity index (χ2v) is 7.13. The van der Waals surface area contributed by atoms with Crippen LogP contribution >= 0.6 is 11.3 Å². The molecular weight excluding hydrogens is 338 g/mol. The van der Waals surface area contributed by atoms with Crippen molar-refractivity contribution < 1.29 is 4.42 Å². The number of para-hydroxylation sites is 1. The summed E-state index contributed by atoms with van der Waals surface area (Å²) < 4.78 is 8.35. The molecule has 3 aromatic heterocycles. The van der Waals surface area contributed by atoms with Crippen molar-refractivity contribution in [3.63, 3.8) is 0 Å². The number of thiophene rings is 1. The summed E-state index contributed by atoms with van der Waals surface area (Å²) in [4.78, 5) is 4.28. The lowest BCUT2D eigenvalue weighted by Crippen LogP contribution is -1.70. The van der Waals surface area contributed by atoms with Gasteiger partial charge < -0.3 is 4.42 Å². The molecule has 0 amide bonds. The van der Waals surface area contributed by atoms with Crippen LogP contribution in [0.3, 0.4) is 0 Å². The Labute approximate surface area is 154 Å². The van der Waals surface area contributed by atoms with Crippen LogP contribution in [-0.4, -0.2) is 4.98 Å². The van der Waals surface area contributed by atoms with Gasteiger partial charge in [-0.3, -0.25) is 4.98 Å². The number of fused-ring (bicyclic) bond motifs is 6. The van der Waals surface area contributed by atoms with Gasteiger partial charge in [0.25, 0.3) is 0 Å². The summed E-state index contributed by atoms with van der Waals surface area (Å²) in [6, 6.07) is 28.9. The largest absolute Gasteiger partial charge is 0.454 e. The maximum Gasteiger partial charge on any atom is 0.153 e. The molecule has 0 N–H and O–H groups in total. The number of furan rings is 1. The van der Waals surface area contributed by atoms with Gasteiger partial charge in [-0.1, -0.05) is 48.5 Å². The van der Waals surface area contributed by atoms with E-state index in [1.807, 2.05) is 47.7 Å². The molecule has 0 bridgehead atoms. The molecule has 0 saturated carbocycles. The van der Waals surface area contributed by atoms with Crippen LogP contribution in [0.25, 0.3) is 42.2 Å². The molecule has 3 aromatic carbocycles. The van der Waals surface area contributed by atoms with E-state index >= 15 is 0 Å². The Bertz CT molecular complexity index is 1140. The Hall–Kier alpha value is -3.17. The molecule has 0 aliphatic heterocycles. The fourth-order valence-electron chi connectivity index (χ4n) is 3.22. The van der Waals surface area contributed by atoms with Gasteiger partial charge in [0.15, 0.2) is 5.58 Å². The van der Waals surface area contributed by atoms with Gasteiger partial charge in [0, 0.05) is 31.8 Å². The Morgan fingerprint density at radius 2 is 1.15 bits per heavy atom. The number of rotatable bonds is 0. The van der Waals surface area contributed by atoms with E-state index in [1.54, 1.807) is 6.20 Å². The summed E-state index contributed by atoms with van der Waals surface area (Å²) in [5.74, 6) is 0. The van der Waals surface area contributed by atoms with Gasteiger partial charge >= 0.3 is 0 Å². The standard InChI is InChI=1S/C12H8S.C11H7NO/c1-3-7-11-9(5-1)10-6-2-4-8-12(10)13-11;1-2-5-9-8(4-1)11-10(13-9)6-3-7-12-11/h1-8H;1-7H. The van der Waals surface area contributed by atoms with Crippen molar-refractivity contribution in [2.75, 3.05) is 0 Å². The third-order valence-electron chi connectivity index (χ3n) is 4.42. The first-order valence-electron chi connectivity index (χ1n) is 8.49. The van der Waals surface area contributed by atoms with Crippen LogP contribution in [0, 0.1) is 0 Å². The van der Waals surface area contributed by atoms with Gasteiger partial charge in [-0.25, -0.2) is 0 Å². The highest BCUT2D eigenvalue weighted by atomic mass is 32.1. The summed E-state index contributed by atoms with van der Waals surface area (Å²) in [6.07, 6.45) is 1.78. The molecule has 0 fully saturated rings. The summed E-state index contributed by atoms with van der Waals surface area (Å²) >= 11 is 1.86. The highest BCUT2D eigenvalue weighted by molar-refractivity contribution is 7.25. The van der Waals surface area contributed by atoms with E-state index in [4.69, 9.17) is 4.42 Å². The summed E-state index contributed by atoms with van der Waals surface area (Å²) in [7, 11) is 0. The average molecular weight is 353 g/mol. The van der Waals surface area contributed by atoms with Crippen molar-refractivity contribution in [3.8, 4) is 0 Å². The van der Waals surface area contributed by atoms with Gasteiger partial charge in [-0.2, -0.15) is 0 Å². The van der Waals surface area contributed by atoms with E-state index in [0.717, 1.165) is 22.1 Å². The van der Waals surface area contributed by atoms with Crippen LogP contribution in [0.5, 0.6) is 0 Å². The van der Waals surface area contributed by atoms with Crippen molar-refractivity contribution in [2.24, 2.45) is 0 Å². The predicted molar refractivity (Wildman–Crippen MR) is 111 cm³/mol. The van der Waals surface area contributed by atoms with Crippen molar-refractivity contribution in [1.29, 1.82) is 0 Å². The molecule has 124 valence electrons. The maximum absolute atomic E-state index is 5.59. The number of aromatic nitrogens is 1. The molecule has 0 aliphatic carbocycles. The second-order valence-electron chi connectivity index (χ2n) is 6.04. The van der Waals surface area contributed by atoms with Crippen LogP contribution in [0.4, 0.5) is 0 Å². The molecule has 26 heavy (non-hydrogen) atoms. The molecule has 2 nitrogen and oxygen atoms in total. The Morgan fingerprint density at radius 1 is 0.577 bits per heavy atom. The van der Waals surface area contributed by atoms with Crippen molar-refractivity contribution in [3.05, 3.63) is 91.1 Å². The molecule has 0 unspecified atom stereocenters. The van der Waals surface area contributed by atoms with Crippen LogP contribution in [-0.2, 0) is 0 Å². The van der Waals surface area contributed by atoms with Crippen LogP contribution in [0.1, 0.15) is 0 Å². The number of hydrogen-bond acceptors (Lipinski definition) is 3. The summed E-state index contributed by atoms with van der Waals surface area (Å²) in [5.41, 5.74) is 2.69. The fourth-order valence-corrected chi connectivity index (χ4v) is 4.33. The minimum Gasteiger partial charge on any atom is -0.454 e. The van der Waals surface area contributed by atoms with Crippen LogP contribution in [0.15, 0.2) is 95.5 Å². The minimum absolute atomic E-state index is 0.851. The lowest BCUT2D eigenvalue weighted by Gasteiger charge is -1.88. The molecule has 6 aromatic rings. The van der Waals surface area contributed by atoms with Crippen LogP contribution in [0.2, 0.25) is 0 Å². The van der Waals surface area contributed by atoms with E-state index in [2.05, 4.69) is 53.5 Å². The minimum atomic E-state index is 0.851. The van der Waals surface area contributed by atoms with E-state index in [9.17, 15) is 0 Å². The number of pyridine rings is 1. The third-order valence-corrected chi connectivity index (χ3v) is 5.57.